The van der Waals surface area contributed by atoms with Crippen LogP contribution in [-0.2, 0) is 6.42 Å². The van der Waals surface area contributed by atoms with Crippen molar-refractivity contribution < 1.29 is 4.79 Å². The third-order valence-corrected chi connectivity index (χ3v) is 4.86. The highest BCUT2D eigenvalue weighted by Gasteiger charge is 2.25. The molecule has 0 bridgehead atoms. The molecule has 0 aliphatic carbocycles. The van der Waals surface area contributed by atoms with E-state index in [1.54, 1.807) is 18.5 Å². The highest BCUT2D eigenvalue weighted by atomic mass is 16.2. The fourth-order valence-corrected chi connectivity index (χ4v) is 3.66. The van der Waals surface area contributed by atoms with Gasteiger partial charge in [0.25, 0.3) is 5.91 Å². The van der Waals surface area contributed by atoms with Gasteiger partial charge in [-0.3, -0.25) is 9.78 Å². The smallest absolute Gasteiger partial charge is 0.255 e. The molecule has 1 atom stereocenters. The van der Waals surface area contributed by atoms with E-state index in [2.05, 4.69) is 39.4 Å². The molecular formula is C20H20N4O. The largest absolute Gasteiger partial charge is 0.338 e. The van der Waals surface area contributed by atoms with Crippen LogP contribution in [0.5, 0.6) is 0 Å². The predicted octanol–water partition coefficient (Wildman–Crippen LogP) is 3.12. The Kier molecular flexibility index (Phi) is 4.37. The van der Waals surface area contributed by atoms with Crippen LogP contribution in [0.25, 0.3) is 10.9 Å². The van der Waals surface area contributed by atoms with E-state index >= 15 is 0 Å². The van der Waals surface area contributed by atoms with E-state index < -0.39 is 0 Å². The lowest BCUT2D eigenvalue weighted by atomic mass is 9.90. The van der Waals surface area contributed by atoms with Crippen molar-refractivity contribution in [2.75, 3.05) is 13.1 Å². The average molecular weight is 332 g/mol. The Morgan fingerprint density at radius 3 is 2.92 bits per heavy atom. The molecule has 1 fully saturated rings. The van der Waals surface area contributed by atoms with Gasteiger partial charge in [0.15, 0.2) is 0 Å². The summed E-state index contributed by atoms with van der Waals surface area (Å²) in [6.07, 6.45) is 8.08. The Morgan fingerprint density at radius 2 is 2.04 bits per heavy atom. The van der Waals surface area contributed by atoms with Crippen molar-refractivity contribution in [3.05, 3.63) is 66.1 Å². The topological polar surface area (TPSA) is 59.0 Å². The van der Waals surface area contributed by atoms with E-state index in [1.807, 2.05) is 17.2 Å². The molecule has 5 nitrogen and oxygen atoms in total. The van der Waals surface area contributed by atoms with Crippen LogP contribution in [0, 0.1) is 5.92 Å². The van der Waals surface area contributed by atoms with Gasteiger partial charge in [-0.2, -0.15) is 10.2 Å². The summed E-state index contributed by atoms with van der Waals surface area (Å²) in [6, 6.07) is 12.1. The maximum absolute atomic E-state index is 12.7. The fraction of sp³-hybridized carbons (Fsp3) is 0.300. The lowest BCUT2D eigenvalue weighted by Gasteiger charge is -2.33. The maximum Gasteiger partial charge on any atom is 0.255 e. The summed E-state index contributed by atoms with van der Waals surface area (Å²) in [6.45, 7) is 1.59. The second-order valence-corrected chi connectivity index (χ2v) is 6.59. The number of amides is 1. The molecule has 126 valence electrons. The van der Waals surface area contributed by atoms with E-state index in [0.717, 1.165) is 37.9 Å². The Balaban J connectivity index is 1.51. The molecule has 0 radical (unpaired) electrons. The monoisotopic (exact) mass is 332 g/mol. The summed E-state index contributed by atoms with van der Waals surface area (Å²) < 4.78 is 0. The van der Waals surface area contributed by atoms with Crippen LogP contribution in [0.4, 0.5) is 0 Å². The number of aromatic nitrogens is 3. The molecule has 1 amide bonds. The zero-order valence-corrected chi connectivity index (χ0v) is 14.0. The molecule has 1 aliphatic heterocycles. The van der Waals surface area contributed by atoms with Gasteiger partial charge in [-0.15, -0.1) is 0 Å². The molecule has 3 heterocycles. The average Bonchev–Trinajstić information content (AvgIpc) is 2.69. The van der Waals surface area contributed by atoms with Crippen molar-refractivity contribution >= 4 is 16.8 Å². The molecule has 2 aromatic heterocycles. The number of para-hydroxylation sites is 1. The SMILES string of the molecule is O=C(c1ccnnc1)N1CCC[C@H](Cc2cccc3cccnc23)C1. The predicted molar refractivity (Wildman–Crippen MR) is 96.1 cm³/mol. The number of likely N-dealkylation sites (tertiary alicyclic amines) is 1. The van der Waals surface area contributed by atoms with Crippen molar-refractivity contribution in [1.29, 1.82) is 0 Å². The number of nitrogens with zero attached hydrogens (tertiary/aromatic N) is 4. The molecule has 1 aliphatic rings. The van der Waals surface area contributed by atoms with Crippen molar-refractivity contribution in [3.8, 4) is 0 Å². The summed E-state index contributed by atoms with van der Waals surface area (Å²) in [5, 5.41) is 8.73. The number of rotatable bonds is 3. The molecule has 25 heavy (non-hydrogen) atoms. The van der Waals surface area contributed by atoms with Gasteiger partial charge in [-0.1, -0.05) is 24.3 Å². The van der Waals surface area contributed by atoms with Crippen LogP contribution in [0.2, 0.25) is 0 Å². The summed E-state index contributed by atoms with van der Waals surface area (Å²) >= 11 is 0. The first kappa shape index (κ1) is 15.7. The number of pyridine rings is 1. The zero-order valence-electron chi connectivity index (χ0n) is 14.0. The molecule has 0 spiro atoms. The first-order valence-corrected chi connectivity index (χ1v) is 8.70. The van der Waals surface area contributed by atoms with Crippen LogP contribution in [0.1, 0.15) is 28.8 Å². The van der Waals surface area contributed by atoms with E-state index in [0.29, 0.717) is 11.5 Å². The molecular weight excluding hydrogens is 312 g/mol. The fourth-order valence-electron chi connectivity index (χ4n) is 3.66. The van der Waals surface area contributed by atoms with Gasteiger partial charge in [-0.05, 0) is 42.9 Å². The first-order chi connectivity index (χ1) is 12.3. The number of hydrogen-bond acceptors (Lipinski definition) is 4. The minimum absolute atomic E-state index is 0.0515. The van der Waals surface area contributed by atoms with E-state index in [1.165, 1.54) is 10.9 Å². The van der Waals surface area contributed by atoms with Crippen LogP contribution >= 0.6 is 0 Å². The highest BCUT2D eigenvalue weighted by molar-refractivity contribution is 5.93. The van der Waals surface area contributed by atoms with Crippen LogP contribution in [0.15, 0.2) is 55.0 Å². The molecule has 0 saturated carbocycles. The molecule has 3 aromatic rings. The Labute approximate surface area is 146 Å². The minimum atomic E-state index is 0.0515. The van der Waals surface area contributed by atoms with Crippen molar-refractivity contribution in [3.63, 3.8) is 0 Å². The van der Waals surface area contributed by atoms with Gasteiger partial charge < -0.3 is 4.90 Å². The second-order valence-electron chi connectivity index (χ2n) is 6.59. The number of piperidine rings is 1. The summed E-state index contributed by atoms with van der Waals surface area (Å²) in [5.41, 5.74) is 2.96. The van der Waals surface area contributed by atoms with Crippen molar-refractivity contribution in [2.45, 2.75) is 19.3 Å². The van der Waals surface area contributed by atoms with Crippen LogP contribution in [-0.4, -0.2) is 39.1 Å². The summed E-state index contributed by atoms with van der Waals surface area (Å²) in [4.78, 5) is 19.2. The standard InChI is InChI=1S/C20H20N4O/c25-20(18-8-10-22-23-13-18)24-11-3-4-15(14-24)12-17-6-1-5-16-7-2-9-21-19(16)17/h1-2,5-10,13,15H,3-4,11-12,14H2/t15-/m1/s1. The molecule has 1 saturated heterocycles. The zero-order chi connectivity index (χ0) is 17.1. The van der Waals surface area contributed by atoms with E-state index in [-0.39, 0.29) is 5.91 Å². The number of benzene rings is 1. The maximum atomic E-state index is 12.7. The van der Waals surface area contributed by atoms with E-state index in [4.69, 9.17) is 0 Å². The van der Waals surface area contributed by atoms with Crippen molar-refractivity contribution in [2.24, 2.45) is 5.92 Å². The van der Waals surface area contributed by atoms with Gasteiger partial charge in [0, 0.05) is 24.7 Å². The minimum Gasteiger partial charge on any atom is -0.338 e. The number of carbonyl (C=O) groups is 1. The first-order valence-electron chi connectivity index (χ1n) is 8.70. The third-order valence-electron chi connectivity index (χ3n) is 4.86. The molecule has 4 rings (SSSR count). The van der Waals surface area contributed by atoms with Crippen LogP contribution < -0.4 is 0 Å². The van der Waals surface area contributed by atoms with Gasteiger partial charge >= 0.3 is 0 Å². The summed E-state index contributed by atoms with van der Waals surface area (Å²) in [5.74, 6) is 0.510. The lowest BCUT2D eigenvalue weighted by molar-refractivity contribution is 0.0673. The number of hydrogen-bond donors (Lipinski definition) is 0. The van der Waals surface area contributed by atoms with Gasteiger partial charge in [0.1, 0.15) is 0 Å². The Hall–Kier alpha value is -2.82. The number of fused-ring (bicyclic) bond motifs is 1. The lowest BCUT2D eigenvalue weighted by Crippen LogP contribution is -2.40. The van der Waals surface area contributed by atoms with Gasteiger partial charge in [0.05, 0.1) is 23.5 Å². The van der Waals surface area contributed by atoms with E-state index in [9.17, 15) is 4.79 Å². The normalized spacial score (nSPS) is 17.6. The Bertz CT molecular complexity index is 876. The molecule has 0 unspecified atom stereocenters. The highest BCUT2D eigenvalue weighted by Crippen LogP contribution is 2.25. The second kappa shape index (κ2) is 6.97. The van der Waals surface area contributed by atoms with Gasteiger partial charge in [-0.25, -0.2) is 0 Å². The Morgan fingerprint density at radius 1 is 1.12 bits per heavy atom. The summed E-state index contributed by atoms with van der Waals surface area (Å²) in [7, 11) is 0. The molecule has 0 N–H and O–H groups in total. The third kappa shape index (κ3) is 3.36. The molecule has 5 heteroatoms. The van der Waals surface area contributed by atoms with Crippen LogP contribution in [0.3, 0.4) is 0 Å². The van der Waals surface area contributed by atoms with Gasteiger partial charge in [0.2, 0.25) is 0 Å². The molecule has 1 aromatic carbocycles. The quantitative estimate of drug-likeness (QED) is 0.739. The van der Waals surface area contributed by atoms with Crippen molar-refractivity contribution in [1.82, 2.24) is 20.1 Å². The number of carbonyl (C=O) groups excluding carboxylic acids is 1.